The first-order valence-electron chi connectivity index (χ1n) is 11.6. The lowest BCUT2D eigenvalue weighted by Gasteiger charge is -2.23. The Labute approximate surface area is 203 Å². The second-order valence-corrected chi connectivity index (χ2v) is 9.31. The number of fused-ring (bicyclic) bond motifs is 1. The lowest BCUT2D eigenvalue weighted by molar-refractivity contribution is -0.130. The van der Waals surface area contributed by atoms with Crippen molar-refractivity contribution < 1.29 is 28.7 Å². The summed E-state index contributed by atoms with van der Waals surface area (Å²) in [5.41, 5.74) is 0.101. The molecule has 0 spiro atoms. The summed E-state index contributed by atoms with van der Waals surface area (Å²) in [7, 11) is 0. The Kier molecular flexibility index (Phi) is 6.77. The van der Waals surface area contributed by atoms with Crippen molar-refractivity contribution in [1.29, 1.82) is 0 Å². The maximum Gasteiger partial charge on any atom is 0.325 e. The molecule has 2 heterocycles. The number of nitrogens with zero attached hydrogens (tertiary/aromatic N) is 1. The van der Waals surface area contributed by atoms with Crippen LogP contribution in [0.25, 0.3) is 0 Å². The molecule has 2 aromatic carbocycles. The fourth-order valence-electron chi connectivity index (χ4n) is 4.07. The summed E-state index contributed by atoms with van der Waals surface area (Å²) in [5.74, 6) is 0.310. The SMILES string of the molecule is CC(C)CC(=O)Nc1ccc(C(=O)CN2C(=O)N[C@](C)(c3ccc4c(c3)OCCCO4)C2=O)cc1. The highest BCUT2D eigenvalue weighted by Crippen LogP contribution is 2.36. The van der Waals surface area contributed by atoms with Crippen LogP contribution in [0.4, 0.5) is 10.5 Å². The number of carbonyl (C=O) groups excluding carboxylic acids is 4. The standard InChI is InChI=1S/C26H29N3O6/c1-16(2)13-23(31)27-19-8-5-17(6-9-19)20(30)15-29-24(32)26(3,28-25(29)33)18-7-10-21-22(14-18)35-12-4-11-34-21/h5-10,14,16H,4,11-13,15H2,1-3H3,(H,27,31)(H,28,33)/t26-/m1/s1. The first-order valence-corrected chi connectivity index (χ1v) is 11.6. The molecule has 184 valence electrons. The number of amides is 4. The smallest absolute Gasteiger partial charge is 0.325 e. The largest absolute Gasteiger partial charge is 0.490 e. The minimum atomic E-state index is -1.34. The van der Waals surface area contributed by atoms with Crippen LogP contribution in [0.1, 0.15) is 49.5 Å². The van der Waals surface area contributed by atoms with Gasteiger partial charge in [-0.05, 0) is 54.8 Å². The van der Waals surface area contributed by atoms with E-state index in [9.17, 15) is 19.2 Å². The molecule has 2 aliphatic rings. The molecule has 35 heavy (non-hydrogen) atoms. The number of carbonyl (C=O) groups is 4. The molecule has 2 N–H and O–H groups in total. The molecule has 0 radical (unpaired) electrons. The molecule has 0 aliphatic carbocycles. The summed E-state index contributed by atoms with van der Waals surface area (Å²) in [6.45, 7) is 6.15. The van der Waals surface area contributed by atoms with Gasteiger partial charge in [0.25, 0.3) is 5.91 Å². The third kappa shape index (κ3) is 5.13. The van der Waals surface area contributed by atoms with Gasteiger partial charge in [0.1, 0.15) is 5.54 Å². The Hall–Kier alpha value is -3.88. The number of urea groups is 1. The predicted molar refractivity (Wildman–Crippen MR) is 129 cm³/mol. The van der Waals surface area contributed by atoms with E-state index in [1.54, 1.807) is 49.4 Å². The third-order valence-electron chi connectivity index (χ3n) is 5.99. The van der Waals surface area contributed by atoms with Crippen molar-refractivity contribution in [1.82, 2.24) is 10.2 Å². The maximum atomic E-state index is 13.3. The van der Waals surface area contributed by atoms with Crippen LogP contribution >= 0.6 is 0 Å². The van der Waals surface area contributed by atoms with E-state index in [0.29, 0.717) is 47.9 Å². The van der Waals surface area contributed by atoms with E-state index in [-0.39, 0.29) is 11.8 Å². The molecule has 1 saturated heterocycles. The fraction of sp³-hybridized carbons (Fsp3) is 0.385. The Morgan fingerprint density at radius 1 is 1.06 bits per heavy atom. The van der Waals surface area contributed by atoms with Gasteiger partial charge in [0.2, 0.25) is 5.91 Å². The number of hydrogen-bond donors (Lipinski definition) is 2. The van der Waals surface area contributed by atoms with Crippen LogP contribution in [-0.2, 0) is 15.1 Å². The van der Waals surface area contributed by atoms with E-state index < -0.39 is 29.8 Å². The van der Waals surface area contributed by atoms with Crippen LogP contribution in [0.5, 0.6) is 11.5 Å². The number of hydrogen-bond acceptors (Lipinski definition) is 6. The third-order valence-corrected chi connectivity index (χ3v) is 5.99. The molecule has 4 amide bonds. The van der Waals surface area contributed by atoms with Gasteiger partial charge in [0, 0.05) is 24.1 Å². The topological polar surface area (TPSA) is 114 Å². The van der Waals surface area contributed by atoms with E-state index in [1.165, 1.54) is 0 Å². The lowest BCUT2D eigenvalue weighted by atomic mass is 9.91. The summed E-state index contributed by atoms with van der Waals surface area (Å²) in [5, 5.41) is 5.50. The predicted octanol–water partition coefficient (Wildman–Crippen LogP) is 3.48. The van der Waals surface area contributed by atoms with Crippen LogP contribution in [0.15, 0.2) is 42.5 Å². The van der Waals surface area contributed by atoms with E-state index in [4.69, 9.17) is 9.47 Å². The minimum Gasteiger partial charge on any atom is -0.490 e. The zero-order valence-corrected chi connectivity index (χ0v) is 20.1. The van der Waals surface area contributed by atoms with E-state index in [2.05, 4.69) is 10.6 Å². The van der Waals surface area contributed by atoms with Gasteiger partial charge in [-0.15, -0.1) is 0 Å². The highest BCUT2D eigenvalue weighted by molar-refractivity contribution is 6.11. The van der Waals surface area contributed by atoms with Gasteiger partial charge in [0.05, 0.1) is 19.8 Å². The molecule has 0 bridgehead atoms. The van der Waals surface area contributed by atoms with Gasteiger partial charge >= 0.3 is 6.03 Å². The van der Waals surface area contributed by atoms with E-state index in [1.807, 2.05) is 13.8 Å². The van der Waals surface area contributed by atoms with Crippen LogP contribution in [0.3, 0.4) is 0 Å². The van der Waals surface area contributed by atoms with Crippen LogP contribution in [-0.4, -0.2) is 48.3 Å². The van der Waals surface area contributed by atoms with Gasteiger partial charge < -0.3 is 20.1 Å². The van der Waals surface area contributed by atoms with Crippen LogP contribution in [0, 0.1) is 5.92 Å². The van der Waals surface area contributed by atoms with Crippen LogP contribution in [0.2, 0.25) is 0 Å². The summed E-state index contributed by atoms with van der Waals surface area (Å²) in [6, 6.07) is 10.9. The molecule has 1 fully saturated rings. The normalized spacial score (nSPS) is 19.4. The van der Waals surface area contributed by atoms with Gasteiger partial charge in [-0.1, -0.05) is 19.9 Å². The quantitative estimate of drug-likeness (QED) is 0.464. The highest BCUT2D eigenvalue weighted by atomic mass is 16.5. The molecule has 4 rings (SSSR count). The zero-order valence-electron chi connectivity index (χ0n) is 20.1. The Balaban J connectivity index is 1.45. The average molecular weight is 480 g/mol. The van der Waals surface area contributed by atoms with Gasteiger partial charge in [-0.2, -0.15) is 0 Å². The first-order chi connectivity index (χ1) is 16.7. The molecule has 0 unspecified atom stereocenters. The summed E-state index contributed by atoms with van der Waals surface area (Å²) < 4.78 is 11.4. The molecule has 9 nitrogen and oxygen atoms in total. The highest BCUT2D eigenvalue weighted by Gasteiger charge is 2.49. The number of imide groups is 1. The second kappa shape index (κ2) is 9.77. The van der Waals surface area contributed by atoms with Crippen molar-refractivity contribution in [3.63, 3.8) is 0 Å². The fourth-order valence-corrected chi connectivity index (χ4v) is 4.07. The van der Waals surface area contributed by atoms with Gasteiger partial charge in [0.15, 0.2) is 17.3 Å². The molecule has 9 heteroatoms. The number of benzene rings is 2. The maximum absolute atomic E-state index is 13.3. The number of ketones is 1. The number of Topliss-reactive ketones (excluding diaryl/α,β-unsaturated/α-hetero) is 1. The second-order valence-electron chi connectivity index (χ2n) is 9.31. The average Bonchev–Trinajstić information content (AvgIpc) is 2.97. The number of rotatable bonds is 7. The summed E-state index contributed by atoms with van der Waals surface area (Å²) in [6.07, 6.45) is 1.15. The molecule has 1 atom stereocenters. The molecular weight excluding hydrogens is 450 g/mol. The van der Waals surface area contributed by atoms with Gasteiger partial charge in [-0.25, -0.2) is 4.79 Å². The van der Waals surface area contributed by atoms with Crippen molar-refractivity contribution >= 4 is 29.3 Å². The van der Waals surface area contributed by atoms with E-state index >= 15 is 0 Å². The Morgan fingerprint density at radius 2 is 1.74 bits per heavy atom. The van der Waals surface area contributed by atoms with Gasteiger partial charge in [-0.3, -0.25) is 19.3 Å². The van der Waals surface area contributed by atoms with E-state index in [0.717, 1.165) is 11.3 Å². The molecule has 0 saturated carbocycles. The number of nitrogens with one attached hydrogen (secondary N) is 2. The molecule has 0 aromatic heterocycles. The summed E-state index contributed by atoms with van der Waals surface area (Å²) >= 11 is 0. The number of ether oxygens (including phenoxy) is 2. The Bertz CT molecular complexity index is 1160. The van der Waals surface area contributed by atoms with Crippen molar-refractivity contribution in [2.24, 2.45) is 5.92 Å². The monoisotopic (exact) mass is 479 g/mol. The lowest BCUT2D eigenvalue weighted by Crippen LogP contribution is -2.41. The minimum absolute atomic E-state index is 0.104. The first kappa shape index (κ1) is 24.3. The molecule has 2 aromatic rings. The van der Waals surface area contributed by atoms with Crippen molar-refractivity contribution in [3.05, 3.63) is 53.6 Å². The molecular formula is C26H29N3O6. The summed E-state index contributed by atoms with van der Waals surface area (Å²) in [4.78, 5) is 51.7. The van der Waals surface area contributed by atoms with Crippen LogP contribution < -0.4 is 20.1 Å². The molecule has 2 aliphatic heterocycles. The number of anilines is 1. The van der Waals surface area contributed by atoms with Crippen molar-refractivity contribution in [3.8, 4) is 11.5 Å². The Morgan fingerprint density at radius 3 is 2.43 bits per heavy atom. The van der Waals surface area contributed by atoms with Crippen molar-refractivity contribution in [2.75, 3.05) is 25.1 Å². The van der Waals surface area contributed by atoms with Crippen molar-refractivity contribution in [2.45, 2.75) is 39.2 Å². The zero-order chi connectivity index (χ0) is 25.2.